The average molecular weight is 950 g/mol. The molecule has 0 radical (unpaired) electrons. The highest BCUT2D eigenvalue weighted by molar-refractivity contribution is 7.25. The Kier molecular flexibility index (Phi) is 9.20. The largest absolute Gasteiger partial charge is 0.310 e. The Morgan fingerprint density at radius 3 is 1.60 bits per heavy atom. The quantitative estimate of drug-likeness (QED) is 0.161. The zero-order valence-electron chi connectivity index (χ0n) is 40.9. The molecule has 2 heteroatoms. The summed E-state index contributed by atoms with van der Waals surface area (Å²) in [6, 6.07) is 90.1. The van der Waals surface area contributed by atoms with Crippen LogP contribution >= 0.6 is 11.3 Å². The van der Waals surface area contributed by atoms with E-state index in [9.17, 15) is 0 Å². The van der Waals surface area contributed by atoms with Crippen molar-refractivity contribution >= 4 is 54.1 Å². The van der Waals surface area contributed by atoms with Crippen LogP contribution in [-0.4, -0.2) is 0 Å². The number of nitrogens with zero attached hydrogens (tertiary/aromatic N) is 1. The molecule has 0 bridgehead atoms. The zero-order chi connectivity index (χ0) is 48.5. The molecule has 73 heavy (non-hydrogen) atoms. The second-order valence-electron chi connectivity index (χ2n) is 20.9. The molecular formula is C71H51NS. The van der Waals surface area contributed by atoms with E-state index in [1.54, 1.807) is 0 Å². The number of fused-ring (bicyclic) bond motifs is 14. The molecule has 11 aromatic rings. The summed E-state index contributed by atoms with van der Waals surface area (Å²) < 4.78 is 2.64. The topological polar surface area (TPSA) is 3.24 Å². The molecule has 0 saturated heterocycles. The van der Waals surface area contributed by atoms with E-state index in [0.29, 0.717) is 0 Å². The monoisotopic (exact) mass is 949 g/mol. The van der Waals surface area contributed by atoms with Gasteiger partial charge in [0.05, 0.1) is 10.8 Å². The van der Waals surface area contributed by atoms with Crippen LogP contribution in [0.5, 0.6) is 0 Å². The minimum atomic E-state index is -0.616. The number of benzene rings is 10. The number of hydrogen-bond donors (Lipinski definition) is 0. The molecule has 4 aliphatic rings. The Balaban J connectivity index is 0.977. The maximum Gasteiger partial charge on any atom is 0.0720 e. The molecule has 4 aliphatic carbocycles. The maximum atomic E-state index is 2.55. The van der Waals surface area contributed by atoms with Crippen molar-refractivity contribution in [1.29, 1.82) is 0 Å². The van der Waals surface area contributed by atoms with Gasteiger partial charge in [-0.2, -0.15) is 0 Å². The summed E-state index contributed by atoms with van der Waals surface area (Å²) >= 11 is 1.88. The summed E-state index contributed by atoms with van der Waals surface area (Å²) in [4.78, 5) is 2.53. The van der Waals surface area contributed by atoms with E-state index in [1.807, 2.05) is 11.3 Å². The summed E-state index contributed by atoms with van der Waals surface area (Å²) in [5, 5.41) is 2.65. The van der Waals surface area contributed by atoms with Crippen LogP contribution in [0.2, 0.25) is 0 Å². The van der Waals surface area contributed by atoms with E-state index in [4.69, 9.17) is 0 Å². The molecule has 0 amide bonds. The molecule has 1 heterocycles. The second-order valence-corrected chi connectivity index (χ2v) is 22.0. The number of allylic oxidation sites excluding steroid dienone is 4. The van der Waals surface area contributed by atoms with Crippen LogP contribution < -0.4 is 4.90 Å². The van der Waals surface area contributed by atoms with Gasteiger partial charge in [0.25, 0.3) is 0 Å². The number of thiophene rings is 1. The Labute approximate surface area is 431 Å². The second kappa shape index (κ2) is 15.8. The molecule has 15 rings (SSSR count). The number of anilines is 3. The van der Waals surface area contributed by atoms with Crippen molar-refractivity contribution in [2.75, 3.05) is 4.90 Å². The normalized spacial score (nSPS) is 15.9. The molecule has 0 saturated carbocycles. The third kappa shape index (κ3) is 5.79. The predicted octanol–water partition coefficient (Wildman–Crippen LogP) is 18.6. The van der Waals surface area contributed by atoms with Crippen molar-refractivity contribution in [3.8, 4) is 22.3 Å². The Hall–Kier alpha value is -8.30. The van der Waals surface area contributed by atoms with Crippen molar-refractivity contribution in [2.45, 2.75) is 42.9 Å². The van der Waals surface area contributed by atoms with Crippen LogP contribution in [0.4, 0.5) is 17.1 Å². The predicted molar refractivity (Wildman–Crippen MR) is 307 cm³/mol. The Bertz CT molecular complexity index is 4020. The van der Waals surface area contributed by atoms with Crippen LogP contribution in [0.25, 0.3) is 48.0 Å². The third-order valence-electron chi connectivity index (χ3n) is 17.1. The standard InChI is InChI=1S/C71H51NS/c1-69(2)58-28-12-9-24-53(58)55-42-40-50(44-64(55)69)72(49-38-36-46(37-39-49)52-27-19-35-67-68(52)57-26-11-18-34-66(57)73-67)51-41-43-56-54-25-10-13-29-59(54)71(65(56)45-51)62-32-16-14-30-60(62)70(47-20-5-3-6-21-47,48-22-7-4-8-23-48)61-31-15-17-33-63(61)71/h3-8,10-23,25-45H,9,24H2,1-2H3. The highest BCUT2D eigenvalue weighted by Gasteiger charge is 2.56. The lowest BCUT2D eigenvalue weighted by Crippen LogP contribution is -2.44. The zero-order valence-corrected chi connectivity index (χ0v) is 41.8. The molecule has 1 aromatic heterocycles. The Morgan fingerprint density at radius 2 is 0.918 bits per heavy atom. The van der Waals surface area contributed by atoms with Gasteiger partial charge in [0, 0.05) is 42.6 Å². The summed E-state index contributed by atoms with van der Waals surface area (Å²) in [7, 11) is 0. The van der Waals surface area contributed by atoms with Gasteiger partial charge in [0.2, 0.25) is 0 Å². The SMILES string of the molecule is CC1(C)C2=C(CCC=C2)c2ccc(N(c3ccc(-c4cccc5sc6ccccc6c45)cc3)c3ccc4c(c3)C3(c5ccccc5-4)c4ccccc4C(c4ccccc4)(c4ccccc4)c4ccccc43)cc21. The van der Waals surface area contributed by atoms with Gasteiger partial charge in [-0.25, -0.2) is 0 Å². The van der Waals surface area contributed by atoms with Crippen LogP contribution in [0.3, 0.4) is 0 Å². The lowest BCUT2D eigenvalue weighted by Gasteiger charge is -2.50. The molecule has 1 spiro atoms. The van der Waals surface area contributed by atoms with Crippen molar-refractivity contribution in [3.63, 3.8) is 0 Å². The molecule has 1 nitrogen and oxygen atoms in total. The van der Waals surface area contributed by atoms with Gasteiger partial charge in [-0.1, -0.05) is 214 Å². The first kappa shape index (κ1) is 42.4. The molecule has 0 unspecified atom stereocenters. The van der Waals surface area contributed by atoms with Gasteiger partial charge in [0.15, 0.2) is 0 Å². The number of rotatable bonds is 6. The Morgan fingerprint density at radius 1 is 0.397 bits per heavy atom. The van der Waals surface area contributed by atoms with E-state index in [0.717, 1.165) is 29.9 Å². The van der Waals surface area contributed by atoms with Gasteiger partial charge in [-0.05, 0) is 150 Å². The molecule has 10 aromatic carbocycles. The van der Waals surface area contributed by atoms with Gasteiger partial charge in [-0.15, -0.1) is 11.3 Å². The van der Waals surface area contributed by atoms with E-state index >= 15 is 0 Å². The molecule has 346 valence electrons. The first-order valence-corrected chi connectivity index (χ1v) is 26.7. The number of hydrogen-bond acceptors (Lipinski definition) is 2. The third-order valence-corrected chi connectivity index (χ3v) is 18.2. The van der Waals surface area contributed by atoms with Crippen molar-refractivity contribution in [3.05, 3.63) is 310 Å². The fraction of sp³-hybridized carbons (Fsp3) is 0.0986. The lowest BCUT2D eigenvalue weighted by atomic mass is 9.51. The molecule has 0 aliphatic heterocycles. The highest BCUT2D eigenvalue weighted by Crippen LogP contribution is 2.65. The smallest absolute Gasteiger partial charge is 0.0720 e. The summed E-state index contributed by atoms with van der Waals surface area (Å²) in [6.45, 7) is 4.83. The molecular weight excluding hydrogens is 899 g/mol. The van der Waals surface area contributed by atoms with Crippen LogP contribution in [0, 0.1) is 0 Å². The van der Waals surface area contributed by atoms with E-state index < -0.39 is 10.8 Å². The fourth-order valence-corrected chi connectivity index (χ4v) is 15.2. The summed E-state index contributed by atoms with van der Waals surface area (Å²) in [5.74, 6) is 0. The molecule has 0 N–H and O–H groups in total. The van der Waals surface area contributed by atoms with Gasteiger partial charge < -0.3 is 4.90 Å². The minimum Gasteiger partial charge on any atom is -0.310 e. The molecule has 0 fully saturated rings. The average Bonchev–Trinajstić information content (AvgIpc) is 4.06. The van der Waals surface area contributed by atoms with Crippen molar-refractivity contribution in [1.82, 2.24) is 0 Å². The van der Waals surface area contributed by atoms with Gasteiger partial charge in [0.1, 0.15) is 0 Å². The summed E-state index contributed by atoms with van der Waals surface area (Å²) in [6.07, 6.45) is 6.94. The van der Waals surface area contributed by atoms with Crippen molar-refractivity contribution in [2.24, 2.45) is 0 Å². The van der Waals surface area contributed by atoms with E-state index in [-0.39, 0.29) is 5.41 Å². The van der Waals surface area contributed by atoms with Gasteiger partial charge in [-0.3, -0.25) is 0 Å². The fourth-order valence-electron chi connectivity index (χ4n) is 14.1. The first-order chi connectivity index (χ1) is 36.0. The maximum absolute atomic E-state index is 2.55. The van der Waals surface area contributed by atoms with E-state index in [2.05, 4.69) is 267 Å². The van der Waals surface area contributed by atoms with Crippen LogP contribution in [-0.2, 0) is 16.2 Å². The van der Waals surface area contributed by atoms with Crippen LogP contribution in [0.1, 0.15) is 82.3 Å². The van der Waals surface area contributed by atoms with E-state index in [1.165, 1.54) is 109 Å². The minimum absolute atomic E-state index is 0.113. The first-order valence-electron chi connectivity index (χ1n) is 25.9. The molecule has 0 atom stereocenters. The highest BCUT2D eigenvalue weighted by atomic mass is 32.1. The lowest BCUT2D eigenvalue weighted by molar-refractivity contribution is 0.623. The van der Waals surface area contributed by atoms with Crippen LogP contribution in [0.15, 0.2) is 254 Å². The van der Waals surface area contributed by atoms with Crippen molar-refractivity contribution < 1.29 is 0 Å². The summed E-state index contributed by atoms with van der Waals surface area (Å²) in [5.41, 5.74) is 23.4. The van der Waals surface area contributed by atoms with Gasteiger partial charge >= 0.3 is 0 Å².